The number of hydrogen-bond acceptors (Lipinski definition) is 4. The first-order valence-corrected chi connectivity index (χ1v) is 12.4. The molecule has 2 amide bonds. The first-order chi connectivity index (χ1) is 16.8. The zero-order valence-corrected chi connectivity index (χ0v) is 20.8. The van der Waals surface area contributed by atoms with Crippen LogP contribution in [0.3, 0.4) is 0 Å². The molecule has 188 valence electrons. The van der Waals surface area contributed by atoms with Gasteiger partial charge in [0.1, 0.15) is 6.61 Å². The van der Waals surface area contributed by atoms with Gasteiger partial charge in [0, 0.05) is 31.5 Å². The number of hydrogen-bond donors (Lipinski definition) is 2. The number of rotatable bonds is 12. The molecule has 3 rings (SSSR count). The number of carboxylic acid groups (broad SMARTS) is 1. The van der Waals surface area contributed by atoms with Gasteiger partial charge in [0.25, 0.3) is 0 Å². The molecule has 0 radical (unpaired) electrons. The fourth-order valence-electron chi connectivity index (χ4n) is 4.78. The molecule has 0 aromatic heterocycles. The summed E-state index contributed by atoms with van der Waals surface area (Å²) in [5.74, 6) is -1.34. The highest BCUT2D eigenvalue weighted by molar-refractivity contribution is 5.81. The van der Waals surface area contributed by atoms with Gasteiger partial charge >= 0.3 is 12.1 Å². The number of amides is 2. The van der Waals surface area contributed by atoms with Crippen molar-refractivity contribution >= 4 is 18.0 Å². The molecule has 0 fully saturated rings. The number of ether oxygens (including phenoxy) is 1. The highest BCUT2D eigenvalue weighted by Crippen LogP contribution is 2.44. The third-order valence-electron chi connectivity index (χ3n) is 6.52. The lowest BCUT2D eigenvalue weighted by Gasteiger charge is -2.30. The maximum Gasteiger partial charge on any atom is 0.407 e. The van der Waals surface area contributed by atoms with Gasteiger partial charge in [-0.1, -0.05) is 61.9 Å². The number of carbonyl (C=O) groups excluding carboxylic acids is 2. The van der Waals surface area contributed by atoms with E-state index in [9.17, 15) is 14.4 Å². The van der Waals surface area contributed by atoms with Gasteiger partial charge in [-0.05, 0) is 48.9 Å². The summed E-state index contributed by atoms with van der Waals surface area (Å²) in [5, 5.41) is 11.7. The van der Waals surface area contributed by atoms with Crippen LogP contribution in [0.1, 0.15) is 63.5 Å². The molecule has 2 aromatic rings. The highest BCUT2D eigenvalue weighted by Gasteiger charge is 2.30. The van der Waals surface area contributed by atoms with Gasteiger partial charge in [0.2, 0.25) is 5.91 Å². The molecule has 0 saturated heterocycles. The summed E-state index contributed by atoms with van der Waals surface area (Å²) in [7, 11) is 0. The topological polar surface area (TPSA) is 95.9 Å². The molecule has 2 N–H and O–H groups in total. The van der Waals surface area contributed by atoms with Crippen molar-refractivity contribution in [3.63, 3.8) is 0 Å². The predicted molar refractivity (Wildman–Crippen MR) is 135 cm³/mol. The van der Waals surface area contributed by atoms with Crippen molar-refractivity contribution in [2.75, 3.05) is 19.7 Å². The number of carboxylic acids is 1. The van der Waals surface area contributed by atoms with Gasteiger partial charge in [-0.25, -0.2) is 4.79 Å². The van der Waals surface area contributed by atoms with Crippen molar-refractivity contribution in [2.24, 2.45) is 5.92 Å². The lowest BCUT2D eigenvalue weighted by Crippen LogP contribution is -2.45. The molecule has 0 aliphatic heterocycles. The van der Waals surface area contributed by atoms with E-state index < -0.39 is 12.1 Å². The molecule has 0 bridgehead atoms. The van der Waals surface area contributed by atoms with Crippen LogP contribution in [-0.2, 0) is 14.3 Å². The van der Waals surface area contributed by atoms with Crippen molar-refractivity contribution in [2.45, 2.75) is 58.4 Å². The van der Waals surface area contributed by atoms with Crippen LogP contribution in [0.5, 0.6) is 0 Å². The van der Waals surface area contributed by atoms with Crippen LogP contribution >= 0.6 is 0 Å². The first-order valence-electron chi connectivity index (χ1n) is 12.4. The van der Waals surface area contributed by atoms with Gasteiger partial charge in [-0.15, -0.1) is 0 Å². The second-order valence-electron chi connectivity index (χ2n) is 9.31. The lowest BCUT2D eigenvalue weighted by atomic mass is 9.98. The summed E-state index contributed by atoms with van der Waals surface area (Å²) >= 11 is 0. The Labute approximate surface area is 207 Å². The fourth-order valence-corrected chi connectivity index (χ4v) is 4.78. The van der Waals surface area contributed by atoms with Crippen LogP contribution in [-0.4, -0.2) is 53.7 Å². The Morgan fingerprint density at radius 1 is 1.03 bits per heavy atom. The average molecular weight is 481 g/mol. The van der Waals surface area contributed by atoms with E-state index in [1.807, 2.05) is 45.0 Å². The maximum atomic E-state index is 13.2. The van der Waals surface area contributed by atoms with E-state index in [4.69, 9.17) is 9.84 Å². The number of alkyl carbamates (subject to hydrolysis) is 1. The molecule has 0 spiro atoms. The molecular weight excluding hydrogens is 444 g/mol. The summed E-state index contributed by atoms with van der Waals surface area (Å²) in [6.45, 7) is 6.62. The highest BCUT2D eigenvalue weighted by atomic mass is 16.5. The minimum atomic E-state index is -0.872. The Bertz CT molecular complexity index is 990. The smallest absolute Gasteiger partial charge is 0.407 e. The maximum absolute atomic E-state index is 13.2. The Balaban J connectivity index is 1.58. The SMILES string of the molecule is CCCC(CNC(=O)OCC1c2ccccc2-c2ccccc21)C(=O)N(CCCC(=O)O)C(C)C. The van der Waals surface area contributed by atoms with E-state index in [0.717, 1.165) is 17.5 Å². The van der Waals surface area contributed by atoms with Gasteiger partial charge in [0.05, 0.1) is 5.92 Å². The third-order valence-corrected chi connectivity index (χ3v) is 6.52. The summed E-state index contributed by atoms with van der Waals surface area (Å²) in [5.41, 5.74) is 4.63. The van der Waals surface area contributed by atoms with Crippen molar-refractivity contribution in [1.82, 2.24) is 10.2 Å². The van der Waals surface area contributed by atoms with Crippen LogP contribution in [0.25, 0.3) is 11.1 Å². The van der Waals surface area contributed by atoms with E-state index in [1.165, 1.54) is 11.1 Å². The van der Waals surface area contributed by atoms with Crippen molar-refractivity contribution < 1.29 is 24.2 Å². The summed E-state index contributed by atoms with van der Waals surface area (Å²) in [6, 6.07) is 16.3. The summed E-state index contributed by atoms with van der Waals surface area (Å²) in [4.78, 5) is 38.3. The van der Waals surface area contributed by atoms with Crippen molar-refractivity contribution in [1.29, 1.82) is 0 Å². The number of nitrogens with one attached hydrogen (secondary N) is 1. The second-order valence-corrected chi connectivity index (χ2v) is 9.31. The van der Waals surface area contributed by atoms with Gasteiger partial charge < -0.3 is 20.1 Å². The van der Waals surface area contributed by atoms with Gasteiger partial charge in [-0.3, -0.25) is 9.59 Å². The van der Waals surface area contributed by atoms with E-state index in [0.29, 0.717) is 19.4 Å². The fraction of sp³-hybridized carbons (Fsp3) is 0.464. The standard InChI is InChI=1S/C28H36N2O5/c1-4-10-20(27(33)30(19(2)3)16-9-15-26(31)32)17-29-28(34)35-18-25-23-13-7-5-11-21(23)22-12-6-8-14-24(22)25/h5-8,11-14,19-20,25H,4,9-10,15-18H2,1-3H3,(H,29,34)(H,31,32). The summed E-state index contributed by atoms with van der Waals surface area (Å²) in [6.07, 6.45) is 1.31. The van der Waals surface area contributed by atoms with Crippen LogP contribution in [0.2, 0.25) is 0 Å². The normalized spacial score (nSPS) is 13.1. The minimum absolute atomic E-state index is 0.0208. The van der Waals surface area contributed by atoms with Crippen LogP contribution in [0, 0.1) is 5.92 Å². The van der Waals surface area contributed by atoms with Gasteiger partial charge in [-0.2, -0.15) is 0 Å². The Hall–Kier alpha value is -3.35. The molecule has 7 nitrogen and oxygen atoms in total. The number of benzene rings is 2. The molecule has 0 saturated carbocycles. The number of nitrogens with zero attached hydrogens (tertiary/aromatic N) is 1. The molecule has 1 unspecified atom stereocenters. The molecule has 1 atom stereocenters. The average Bonchev–Trinajstić information content (AvgIpc) is 3.16. The largest absolute Gasteiger partial charge is 0.481 e. The number of carbonyl (C=O) groups is 3. The zero-order valence-electron chi connectivity index (χ0n) is 20.8. The van der Waals surface area contributed by atoms with Crippen LogP contribution in [0.4, 0.5) is 4.79 Å². The Morgan fingerprint density at radius 2 is 1.63 bits per heavy atom. The van der Waals surface area contributed by atoms with Crippen LogP contribution in [0.15, 0.2) is 48.5 Å². The first kappa shape index (κ1) is 26.3. The molecule has 1 aliphatic rings. The molecule has 0 heterocycles. The van der Waals surface area contributed by atoms with Crippen LogP contribution < -0.4 is 5.32 Å². The molecular formula is C28H36N2O5. The number of aliphatic carboxylic acids is 1. The third kappa shape index (κ3) is 6.62. The van der Waals surface area contributed by atoms with E-state index in [1.54, 1.807) is 4.90 Å². The Kier molecular flexibility index (Phi) is 9.29. The van der Waals surface area contributed by atoms with Crippen molar-refractivity contribution in [3.8, 4) is 11.1 Å². The van der Waals surface area contributed by atoms with E-state index >= 15 is 0 Å². The summed E-state index contributed by atoms with van der Waals surface area (Å²) < 4.78 is 5.61. The second kappa shape index (κ2) is 12.4. The molecule has 1 aliphatic carbocycles. The van der Waals surface area contributed by atoms with E-state index in [-0.39, 0.29) is 43.4 Å². The Morgan fingerprint density at radius 3 is 2.17 bits per heavy atom. The monoisotopic (exact) mass is 480 g/mol. The quantitative estimate of drug-likeness (QED) is 0.444. The van der Waals surface area contributed by atoms with Crippen molar-refractivity contribution in [3.05, 3.63) is 59.7 Å². The number of fused-ring (bicyclic) bond motifs is 3. The molecule has 7 heteroatoms. The minimum Gasteiger partial charge on any atom is -0.481 e. The lowest BCUT2D eigenvalue weighted by molar-refractivity contribution is -0.140. The van der Waals surface area contributed by atoms with E-state index in [2.05, 4.69) is 29.6 Å². The zero-order chi connectivity index (χ0) is 25.4. The molecule has 35 heavy (non-hydrogen) atoms. The van der Waals surface area contributed by atoms with Gasteiger partial charge in [0.15, 0.2) is 0 Å². The molecule has 2 aromatic carbocycles. The predicted octanol–water partition coefficient (Wildman–Crippen LogP) is 5.04.